The SMILES string of the molecule is CO[SiH3].[Sn]. The number of hydrogen-bond acceptors (Lipinski definition) is 1. The Morgan fingerprint density at radius 2 is 1.75 bits per heavy atom. The van der Waals surface area contributed by atoms with E-state index in [-0.39, 0.29) is 23.9 Å². The first-order valence-electron chi connectivity index (χ1n) is 0.816. The van der Waals surface area contributed by atoms with Crippen LogP contribution in [0.25, 0.3) is 0 Å². The van der Waals surface area contributed by atoms with E-state index >= 15 is 0 Å². The van der Waals surface area contributed by atoms with Gasteiger partial charge in [-0.3, -0.25) is 0 Å². The molecule has 0 N–H and O–H groups in total. The van der Waals surface area contributed by atoms with Crippen LogP contribution in [0.5, 0.6) is 0 Å². The van der Waals surface area contributed by atoms with E-state index in [1.54, 1.807) is 7.11 Å². The average Bonchev–Trinajstić information content (AvgIpc) is 0.918. The zero-order valence-electron chi connectivity index (χ0n) is 2.91. The molecular weight excluding hydrogens is 175 g/mol. The second-order valence-electron chi connectivity index (χ2n) is 0.408. The second-order valence-corrected chi connectivity index (χ2v) is 1.22. The van der Waals surface area contributed by atoms with Gasteiger partial charge in [0, 0.05) is 31.0 Å². The molecular formula is CH6OSiSn. The van der Waals surface area contributed by atoms with E-state index in [0.717, 1.165) is 10.5 Å². The molecule has 0 unspecified atom stereocenters. The third-order valence-corrected chi connectivity index (χ3v) is 0. The molecule has 1 nitrogen and oxygen atoms in total. The van der Waals surface area contributed by atoms with Crippen molar-refractivity contribution in [3.8, 4) is 0 Å². The van der Waals surface area contributed by atoms with Crippen LogP contribution in [-0.2, 0) is 4.43 Å². The van der Waals surface area contributed by atoms with Crippen molar-refractivity contribution in [2.24, 2.45) is 0 Å². The molecule has 0 heterocycles. The van der Waals surface area contributed by atoms with E-state index in [9.17, 15) is 0 Å². The van der Waals surface area contributed by atoms with Crippen molar-refractivity contribution in [2.45, 2.75) is 0 Å². The minimum Gasteiger partial charge on any atom is -0.431 e. The third kappa shape index (κ3) is 12.2. The van der Waals surface area contributed by atoms with Crippen LogP contribution >= 0.6 is 0 Å². The van der Waals surface area contributed by atoms with Crippen LogP contribution in [0.3, 0.4) is 0 Å². The Morgan fingerprint density at radius 3 is 1.75 bits per heavy atom. The Kier molecular flexibility index (Phi) is 20.0. The van der Waals surface area contributed by atoms with Crippen molar-refractivity contribution in [1.82, 2.24) is 0 Å². The van der Waals surface area contributed by atoms with Crippen molar-refractivity contribution in [3.63, 3.8) is 0 Å². The maximum Gasteiger partial charge on any atom is 0.145 e. The van der Waals surface area contributed by atoms with Gasteiger partial charge in [0.1, 0.15) is 10.5 Å². The van der Waals surface area contributed by atoms with Crippen LogP contribution < -0.4 is 0 Å². The van der Waals surface area contributed by atoms with Crippen molar-refractivity contribution >= 4 is 34.4 Å². The summed E-state index contributed by atoms with van der Waals surface area (Å²) in [6.45, 7) is 0. The summed E-state index contributed by atoms with van der Waals surface area (Å²) in [6, 6.07) is 0. The fraction of sp³-hybridized carbons (Fsp3) is 1.00. The quantitative estimate of drug-likeness (QED) is 0.414. The molecule has 3 heteroatoms. The Balaban J connectivity index is 0. The first-order chi connectivity index (χ1) is 1.41. The predicted molar refractivity (Wildman–Crippen MR) is 22.7 cm³/mol. The summed E-state index contributed by atoms with van der Waals surface area (Å²) in [5.41, 5.74) is 0. The van der Waals surface area contributed by atoms with Gasteiger partial charge in [-0.1, -0.05) is 0 Å². The van der Waals surface area contributed by atoms with E-state index in [0.29, 0.717) is 0 Å². The zero-order chi connectivity index (χ0) is 2.71. The summed E-state index contributed by atoms with van der Waals surface area (Å²) < 4.78 is 4.39. The Labute approximate surface area is 46.2 Å². The van der Waals surface area contributed by atoms with Gasteiger partial charge in [-0.05, 0) is 0 Å². The normalized spacial score (nSPS) is 5.25. The van der Waals surface area contributed by atoms with Crippen LogP contribution in [0.1, 0.15) is 0 Å². The van der Waals surface area contributed by atoms with Gasteiger partial charge in [-0.15, -0.1) is 0 Å². The van der Waals surface area contributed by atoms with E-state index < -0.39 is 0 Å². The molecule has 0 aliphatic rings. The molecule has 0 aliphatic carbocycles. The molecule has 0 rings (SSSR count). The summed E-state index contributed by atoms with van der Waals surface area (Å²) in [5.74, 6) is 0. The Morgan fingerprint density at radius 1 is 1.75 bits per heavy atom. The van der Waals surface area contributed by atoms with Crippen LogP contribution in [-0.4, -0.2) is 41.5 Å². The second kappa shape index (κ2) is 9.02. The molecule has 0 atom stereocenters. The fourth-order valence-corrected chi connectivity index (χ4v) is 0. The van der Waals surface area contributed by atoms with Crippen LogP contribution in [0, 0.1) is 0 Å². The molecule has 4 radical (unpaired) electrons. The zero-order valence-corrected chi connectivity index (χ0v) is 7.76. The average molecular weight is 181 g/mol. The van der Waals surface area contributed by atoms with Gasteiger partial charge >= 0.3 is 0 Å². The van der Waals surface area contributed by atoms with Gasteiger partial charge in [0.25, 0.3) is 0 Å². The molecule has 0 amide bonds. The van der Waals surface area contributed by atoms with Crippen molar-refractivity contribution in [1.29, 1.82) is 0 Å². The molecule has 0 fully saturated rings. The molecule has 0 aromatic carbocycles. The molecule has 0 aromatic rings. The maximum atomic E-state index is 4.39. The van der Waals surface area contributed by atoms with Gasteiger partial charge in [0.15, 0.2) is 0 Å². The maximum absolute atomic E-state index is 4.39. The molecule has 0 aromatic heterocycles. The first kappa shape index (κ1) is 8.88. The smallest absolute Gasteiger partial charge is 0.145 e. The molecule has 0 spiro atoms. The van der Waals surface area contributed by atoms with Crippen molar-refractivity contribution in [3.05, 3.63) is 0 Å². The monoisotopic (exact) mass is 182 g/mol. The minimum atomic E-state index is 0. The topological polar surface area (TPSA) is 9.23 Å². The van der Waals surface area contributed by atoms with E-state index in [1.165, 1.54) is 0 Å². The largest absolute Gasteiger partial charge is 0.431 e. The van der Waals surface area contributed by atoms with Gasteiger partial charge in [-0.2, -0.15) is 0 Å². The Bertz CT molecular complexity index is 8.00. The Hall–Kier alpha value is 0.976. The summed E-state index contributed by atoms with van der Waals surface area (Å²) in [4.78, 5) is 0. The van der Waals surface area contributed by atoms with Crippen LogP contribution in [0.15, 0.2) is 0 Å². The first-order valence-corrected chi connectivity index (χ1v) is 1.63. The molecule has 0 saturated carbocycles. The van der Waals surface area contributed by atoms with Crippen LogP contribution in [0.2, 0.25) is 0 Å². The molecule has 0 saturated heterocycles. The van der Waals surface area contributed by atoms with E-state index in [2.05, 4.69) is 4.43 Å². The van der Waals surface area contributed by atoms with Crippen LogP contribution in [0.4, 0.5) is 0 Å². The van der Waals surface area contributed by atoms with E-state index in [1.807, 2.05) is 0 Å². The van der Waals surface area contributed by atoms with Gasteiger partial charge in [0.05, 0.1) is 0 Å². The van der Waals surface area contributed by atoms with E-state index in [4.69, 9.17) is 0 Å². The third-order valence-electron chi connectivity index (χ3n) is 0. The number of hydrogen-bond donors (Lipinski definition) is 0. The molecule has 0 bridgehead atoms. The van der Waals surface area contributed by atoms with Crippen molar-refractivity contribution < 1.29 is 4.43 Å². The molecule has 4 heavy (non-hydrogen) atoms. The minimum absolute atomic E-state index is 0. The summed E-state index contributed by atoms with van der Waals surface area (Å²) in [7, 11) is 2.56. The van der Waals surface area contributed by atoms with Crippen molar-refractivity contribution in [2.75, 3.05) is 7.11 Å². The number of rotatable bonds is 0. The summed E-state index contributed by atoms with van der Waals surface area (Å²) in [6.07, 6.45) is 0. The fourth-order valence-electron chi connectivity index (χ4n) is 0. The molecule has 0 aliphatic heterocycles. The summed E-state index contributed by atoms with van der Waals surface area (Å²) in [5, 5.41) is 0. The summed E-state index contributed by atoms with van der Waals surface area (Å²) >= 11 is 0. The van der Waals surface area contributed by atoms with Gasteiger partial charge < -0.3 is 4.43 Å². The predicted octanol–water partition coefficient (Wildman–Crippen LogP) is -1.47. The van der Waals surface area contributed by atoms with Gasteiger partial charge in [-0.25, -0.2) is 0 Å². The van der Waals surface area contributed by atoms with Gasteiger partial charge in [0.2, 0.25) is 0 Å². The molecule has 24 valence electrons. The standard InChI is InChI=1S/CH6OSi.Sn/c1-2-3;/h1,3H3;.